The highest BCUT2D eigenvalue weighted by Crippen LogP contribution is 2.29. The first kappa shape index (κ1) is 21.6. The molecule has 3 aromatic heterocycles. The van der Waals surface area contributed by atoms with Crippen LogP contribution in [-0.2, 0) is 16.1 Å². The van der Waals surface area contributed by atoms with E-state index < -0.39 is 17.9 Å². The number of fused-ring (bicyclic) bond motifs is 2. The summed E-state index contributed by atoms with van der Waals surface area (Å²) in [6, 6.07) is 6.24. The van der Waals surface area contributed by atoms with E-state index in [0.29, 0.717) is 34.7 Å². The summed E-state index contributed by atoms with van der Waals surface area (Å²) in [4.78, 5) is 55.4. The minimum absolute atomic E-state index is 0.0710. The van der Waals surface area contributed by atoms with Crippen molar-refractivity contribution in [2.24, 2.45) is 0 Å². The van der Waals surface area contributed by atoms with E-state index in [1.54, 1.807) is 48.1 Å². The molecule has 2 aliphatic rings. The first-order valence-corrected chi connectivity index (χ1v) is 11.2. The molecule has 2 N–H and O–H groups in total. The van der Waals surface area contributed by atoms with E-state index in [-0.39, 0.29) is 30.5 Å². The lowest BCUT2D eigenvalue weighted by Gasteiger charge is -2.29. The number of anilines is 1. The number of hydrogen-bond donors (Lipinski definition) is 2. The number of carbonyl (C=O) groups is 4. The van der Waals surface area contributed by atoms with Crippen LogP contribution in [0, 0.1) is 6.92 Å². The topological polar surface area (TPSA) is 156 Å². The quantitative estimate of drug-likeness (QED) is 0.399. The molecule has 1 aromatic carbocycles. The van der Waals surface area contributed by atoms with Gasteiger partial charge >= 0.3 is 0 Å². The zero-order chi connectivity index (χ0) is 25.0. The van der Waals surface area contributed by atoms with E-state index in [1.165, 1.54) is 15.8 Å². The highest BCUT2D eigenvalue weighted by atomic mass is 16.2. The molecule has 5 heterocycles. The van der Waals surface area contributed by atoms with Crippen LogP contribution < -0.4 is 10.6 Å². The number of benzene rings is 1. The van der Waals surface area contributed by atoms with E-state index in [0.717, 1.165) is 5.56 Å². The van der Waals surface area contributed by atoms with Gasteiger partial charge in [0.25, 0.3) is 11.8 Å². The second-order valence-corrected chi connectivity index (χ2v) is 8.59. The van der Waals surface area contributed by atoms with Gasteiger partial charge in [0.15, 0.2) is 11.3 Å². The fourth-order valence-corrected chi connectivity index (χ4v) is 4.50. The minimum Gasteiger partial charge on any atom is -0.322 e. The summed E-state index contributed by atoms with van der Waals surface area (Å²) in [7, 11) is 0. The average molecular weight is 485 g/mol. The van der Waals surface area contributed by atoms with Crippen LogP contribution in [-0.4, -0.2) is 64.2 Å². The predicted octanol–water partition coefficient (Wildman–Crippen LogP) is 0.632. The maximum Gasteiger partial charge on any atom is 0.278 e. The normalized spacial score (nSPS) is 17.4. The number of piperidine rings is 1. The number of hydrogen-bond acceptors (Lipinski definition) is 8. The molecule has 36 heavy (non-hydrogen) atoms. The Labute approximate surface area is 203 Å². The summed E-state index contributed by atoms with van der Waals surface area (Å²) in [6.45, 7) is 2.04. The summed E-state index contributed by atoms with van der Waals surface area (Å²) in [5.41, 5.74) is 3.40. The van der Waals surface area contributed by atoms with Gasteiger partial charge < -0.3 is 10.2 Å². The van der Waals surface area contributed by atoms with Crippen molar-refractivity contribution < 1.29 is 19.2 Å². The highest BCUT2D eigenvalue weighted by molar-refractivity contribution is 6.06. The van der Waals surface area contributed by atoms with Gasteiger partial charge in [-0.05, 0) is 37.1 Å². The van der Waals surface area contributed by atoms with Crippen LogP contribution in [0.5, 0.6) is 0 Å². The van der Waals surface area contributed by atoms with Gasteiger partial charge in [0.2, 0.25) is 11.8 Å². The number of carbonyl (C=O) groups excluding carboxylic acids is 4. The standard InChI is InChI=1S/C23H19N9O4/c1-12-19(20-24-7-2-8-31(20)28-12)26-21(34)16-11-32(29-27-16)14-4-3-13-10-30(23(36)15(13)9-14)17-5-6-18(33)25-22(17)35/h2-4,7-9,11,17H,5-6,10H2,1H3,(H,26,34)(H,25,33,35). The monoisotopic (exact) mass is 485 g/mol. The van der Waals surface area contributed by atoms with Gasteiger partial charge in [-0.25, -0.2) is 14.2 Å². The number of aryl methyl sites for hydroxylation is 1. The van der Waals surface area contributed by atoms with Gasteiger partial charge in [-0.3, -0.25) is 24.5 Å². The third-order valence-electron chi connectivity index (χ3n) is 6.31. The van der Waals surface area contributed by atoms with Crippen molar-refractivity contribution in [2.75, 3.05) is 5.32 Å². The smallest absolute Gasteiger partial charge is 0.278 e. The molecule has 1 atom stereocenters. The Bertz CT molecular complexity index is 1590. The predicted molar refractivity (Wildman–Crippen MR) is 123 cm³/mol. The minimum atomic E-state index is -0.689. The second-order valence-electron chi connectivity index (χ2n) is 8.59. The zero-order valence-electron chi connectivity index (χ0n) is 19.0. The molecule has 4 amide bonds. The van der Waals surface area contributed by atoms with Crippen LogP contribution in [0.25, 0.3) is 11.3 Å². The number of rotatable bonds is 4. The van der Waals surface area contributed by atoms with Crippen molar-refractivity contribution in [3.8, 4) is 5.69 Å². The van der Waals surface area contributed by atoms with Crippen molar-refractivity contribution in [1.82, 2.24) is 39.8 Å². The van der Waals surface area contributed by atoms with Crippen LogP contribution in [0.2, 0.25) is 0 Å². The summed E-state index contributed by atoms with van der Waals surface area (Å²) in [6.07, 6.45) is 5.29. The Balaban J connectivity index is 1.22. The van der Waals surface area contributed by atoms with Crippen molar-refractivity contribution >= 4 is 35.0 Å². The Kier molecular flexibility index (Phi) is 4.84. The molecule has 0 aliphatic carbocycles. The molecule has 1 unspecified atom stereocenters. The molecule has 13 nitrogen and oxygen atoms in total. The lowest BCUT2D eigenvalue weighted by Crippen LogP contribution is -2.52. The Morgan fingerprint density at radius 3 is 2.92 bits per heavy atom. The number of nitrogens with zero attached hydrogens (tertiary/aromatic N) is 7. The molecule has 1 fully saturated rings. The Morgan fingerprint density at radius 2 is 2.08 bits per heavy atom. The lowest BCUT2D eigenvalue weighted by molar-refractivity contribution is -0.136. The first-order valence-electron chi connectivity index (χ1n) is 11.2. The molecule has 1 saturated heterocycles. The van der Waals surface area contributed by atoms with E-state index in [1.807, 2.05) is 0 Å². The SMILES string of the molecule is Cc1nn2cccnc2c1NC(=O)c1cn(-c2ccc3c(c2)C(=O)N(C2CCC(=O)NC2=O)C3)nn1. The van der Waals surface area contributed by atoms with Crippen LogP contribution in [0.15, 0.2) is 42.9 Å². The molecule has 180 valence electrons. The molecule has 6 rings (SSSR count). The van der Waals surface area contributed by atoms with E-state index in [4.69, 9.17) is 0 Å². The number of imide groups is 1. The van der Waals surface area contributed by atoms with Crippen molar-refractivity contribution in [3.05, 3.63) is 65.4 Å². The zero-order valence-corrected chi connectivity index (χ0v) is 19.0. The molecule has 0 saturated carbocycles. The fourth-order valence-electron chi connectivity index (χ4n) is 4.50. The van der Waals surface area contributed by atoms with Gasteiger partial charge in [-0.2, -0.15) is 5.10 Å². The van der Waals surface area contributed by atoms with Crippen molar-refractivity contribution in [2.45, 2.75) is 32.4 Å². The molecule has 2 aliphatic heterocycles. The van der Waals surface area contributed by atoms with Crippen LogP contribution in [0.1, 0.15) is 44.9 Å². The fraction of sp³-hybridized carbons (Fsp3) is 0.217. The average Bonchev–Trinajstić information content (AvgIpc) is 3.56. The van der Waals surface area contributed by atoms with Gasteiger partial charge in [-0.1, -0.05) is 11.3 Å². The van der Waals surface area contributed by atoms with Crippen LogP contribution in [0.4, 0.5) is 5.69 Å². The maximum atomic E-state index is 13.1. The summed E-state index contributed by atoms with van der Waals surface area (Å²) in [5.74, 6) is -1.57. The number of aromatic nitrogens is 6. The van der Waals surface area contributed by atoms with Gasteiger partial charge in [-0.15, -0.1) is 5.10 Å². The maximum absolute atomic E-state index is 13.1. The Hall–Kier alpha value is -4.94. The highest BCUT2D eigenvalue weighted by Gasteiger charge is 2.39. The van der Waals surface area contributed by atoms with Crippen LogP contribution >= 0.6 is 0 Å². The first-order chi connectivity index (χ1) is 17.4. The van der Waals surface area contributed by atoms with Gasteiger partial charge in [0.05, 0.1) is 17.6 Å². The summed E-state index contributed by atoms with van der Waals surface area (Å²) >= 11 is 0. The third kappa shape index (κ3) is 3.48. The summed E-state index contributed by atoms with van der Waals surface area (Å²) < 4.78 is 2.97. The summed E-state index contributed by atoms with van der Waals surface area (Å²) in [5, 5.41) is 17.4. The largest absolute Gasteiger partial charge is 0.322 e. The molecular weight excluding hydrogens is 466 g/mol. The van der Waals surface area contributed by atoms with Crippen LogP contribution in [0.3, 0.4) is 0 Å². The molecular formula is C23H19N9O4. The molecule has 0 bridgehead atoms. The molecule has 0 spiro atoms. The lowest BCUT2D eigenvalue weighted by atomic mass is 10.0. The second kappa shape index (κ2) is 8.08. The number of amides is 4. The third-order valence-corrected chi connectivity index (χ3v) is 6.31. The number of nitrogens with one attached hydrogen (secondary N) is 2. The van der Waals surface area contributed by atoms with Gasteiger partial charge in [0, 0.05) is 30.9 Å². The van der Waals surface area contributed by atoms with E-state index in [9.17, 15) is 19.2 Å². The van der Waals surface area contributed by atoms with E-state index in [2.05, 4.69) is 31.0 Å². The molecule has 4 aromatic rings. The van der Waals surface area contributed by atoms with E-state index >= 15 is 0 Å². The van der Waals surface area contributed by atoms with Crippen molar-refractivity contribution in [3.63, 3.8) is 0 Å². The van der Waals surface area contributed by atoms with Crippen molar-refractivity contribution in [1.29, 1.82) is 0 Å². The molecule has 13 heteroatoms. The Morgan fingerprint density at radius 1 is 1.22 bits per heavy atom. The molecule has 0 radical (unpaired) electrons. The van der Waals surface area contributed by atoms with Gasteiger partial charge in [0.1, 0.15) is 11.7 Å².